The standard InChI is InChI=1S/C50H60N8O12/c1-49(2,3)69-47(65)57-27-28-58(48(66)70-50(4,5)6)32-44(62)54-40-24-16-14-22-38(40)52-42(60)30-56(46(64)68-34-36-19-11-8-12-20-36)26-25-55(45(63)67-33-35-17-9-7-10-18-35)29-41(59)51-37-21-13-15-23-39(37)53-43(61)31-57/h7-24H,25-34H2,1-6H3,(H,51,59)(H,52,60)(H,53,61)(H,54,62). The van der Waals surface area contributed by atoms with Crippen LogP contribution in [0.4, 0.5) is 41.9 Å². The minimum Gasteiger partial charge on any atom is -0.445 e. The first-order valence-electron chi connectivity index (χ1n) is 22.5. The first-order valence-corrected chi connectivity index (χ1v) is 22.5. The van der Waals surface area contributed by atoms with Crippen LogP contribution in [-0.2, 0) is 51.3 Å². The number of fused-ring (bicyclic) bond motifs is 2. The van der Waals surface area contributed by atoms with E-state index in [1.807, 2.05) is 0 Å². The fourth-order valence-corrected chi connectivity index (χ4v) is 6.55. The van der Waals surface area contributed by atoms with Gasteiger partial charge in [-0.2, -0.15) is 0 Å². The van der Waals surface area contributed by atoms with Gasteiger partial charge in [0.15, 0.2) is 0 Å². The van der Waals surface area contributed by atoms with E-state index in [0.29, 0.717) is 11.1 Å². The number of nitrogens with zero attached hydrogens (tertiary/aromatic N) is 4. The molecule has 0 aliphatic carbocycles. The lowest BCUT2D eigenvalue weighted by atomic mass is 10.2. The van der Waals surface area contributed by atoms with Gasteiger partial charge in [-0.1, -0.05) is 84.9 Å². The van der Waals surface area contributed by atoms with Crippen molar-refractivity contribution in [1.29, 1.82) is 0 Å². The van der Waals surface area contributed by atoms with Crippen molar-refractivity contribution in [2.45, 2.75) is 66.0 Å². The summed E-state index contributed by atoms with van der Waals surface area (Å²) in [6.07, 6.45) is -3.63. The lowest BCUT2D eigenvalue weighted by Crippen LogP contribution is -2.48. The molecule has 0 bridgehead atoms. The van der Waals surface area contributed by atoms with Gasteiger partial charge in [-0.05, 0) is 76.9 Å². The number of nitrogens with one attached hydrogen (secondary N) is 4. The van der Waals surface area contributed by atoms with Crippen molar-refractivity contribution in [3.8, 4) is 0 Å². The van der Waals surface area contributed by atoms with Crippen molar-refractivity contribution in [3.63, 3.8) is 0 Å². The third kappa shape index (κ3) is 17.8. The molecule has 0 saturated carbocycles. The largest absolute Gasteiger partial charge is 0.445 e. The highest BCUT2D eigenvalue weighted by atomic mass is 16.6. The molecule has 20 heteroatoms. The van der Waals surface area contributed by atoms with E-state index in [2.05, 4.69) is 21.3 Å². The van der Waals surface area contributed by atoms with Gasteiger partial charge in [0.25, 0.3) is 0 Å². The number of hydrogen-bond donors (Lipinski definition) is 4. The van der Waals surface area contributed by atoms with Gasteiger partial charge in [0.05, 0.1) is 22.7 Å². The average molecular weight is 965 g/mol. The number of ether oxygens (including phenoxy) is 4. The molecule has 0 atom stereocenters. The SMILES string of the molecule is CC(C)(C)OC(=O)N1CCN(C(=O)OC(C)(C)C)CC(=O)Nc2ccccc2NC(=O)CN(C(=O)OCc2ccccc2)CCN(C(=O)OCc2ccccc2)CC(=O)Nc2ccccc2NC(=O)C1. The summed E-state index contributed by atoms with van der Waals surface area (Å²) < 4.78 is 22.4. The molecular weight excluding hydrogens is 905 g/mol. The van der Waals surface area contributed by atoms with Crippen molar-refractivity contribution < 1.29 is 57.3 Å². The minimum absolute atomic E-state index is 0.127. The molecule has 372 valence electrons. The zero-order chi connectivity index (χ0) is 50.8. The molecule has 1 aliphatic heterocycles. The molecule has 1 heterocycles. The van der Waals surface area contributed by atoms with Gasteiger partial charge in [-0.15, -0.1) is 0 Å². The number of amides is 8. The Morgan fingerprint density at radius 2 is 0.643 bits per heavy atom. The van der Waals surface area contributed by atoms with E-state index >= 15 is 0 Å². The van der Waals surface area contributed by atoms with Crippen LogP contribution in [0.25, 0.3) is 0 Å². The van der Waals surface area contributed by atoms with Crippen molar-refractivity contribution in [1.82, 2.24) is 19.6 Å². The van der Waals surface area contributed by atoms with Crippen LogP contribution in [0.15, 0.2) is 109 Å². The second-order valence-electron chi connectivity index (χ2n) is 18.0. The van der Waals surface area contributed by atoms with E-state index in [-0.39, 0.29) is 62.1 Å². The molecule has 4 aromatic rings. The van der Waals surface area contributed by atoms with Gasteiger partial charge in [0.1, 0.15) is 50.6 Å². The van der Waals surface area contributed by atoms with E-state index in [0.717, 1.165) is 19.6 Å². The summed E-state index contributed by atoms with van der Waals surface area (Å²) in [6, 6.07) is 30.1. The lowest BCUT2D eigenvalue weighted by Gasteiger charge is -2.31. The normalized spacial score (nSPS) is 15.1. The fraction of sp³-hybridized carbons (Fsp3) is 0.360. The van der Waals surface area contributed by atoms with Crippen LogP contribution in [-0.4, -0.2) is 131 Å². The molecule has 0 aromatic heterocycles. The quantitative estimate of drug-likeness (QED) is 0.153. The smallest absolute Gasteiger partial charge is 0.410 e. The fourth-order valence-electron chi connectivity index (χ4n) is 6.55. The number of benzene rings is 4. The molecule has 5 rings (SSSR count). The van der Waals surface area contributed by atoms with Crippen LogP contribution in [0.3, 0.4) is 0 Å². The lowest BCUT2D eigenvalue weighted by molar-refractivity contribution is -0.118. The predicted octanol–water partition coefficient (Wildman–Crippen LogP) is 6.91. The number of carbonyl (C=O) groups is 8. The van der Waals surface area contributed by atoms with Crippen LogP contribution in [0, 0.1) is 0 Å². The summed E-state index contributed by atoms with van der Waals surface area (Å²) in [6.45, 7) is 5.90. The van der Waals surface area contributed by atoms with Crippen molar-refractivity contribution in [3.05, 3.63) is 120 Å². The Balaban J connectivity index is 1.50. The zero-order valence-electron chi connectivity index (χ0n) is 40.2. The van der Waals surface area contributed by atoms with Crippen LogP contribution >= 0.6 is 0 Å². The molecule has 0 spiro atoms. The molecule has 1 aliphatic rings. The molecule has 4 N–H and O–H groups in total. The highest BCUT2D eigenvalue weighted by molar-refractivity contribution is 6.03. The van der Waals surface area contributed by atoms with Crippen LogP contribution < -0.4 is 21.3 Å². The van der Waals surface area contributed by atoms with Gasteiger partial charge in [-0.3, -0.25) is 38.8 Å². The summed E-state index contributed by atoms with van der Waals surface area (Å²) in [5.74, 6) is -2.87. The maximum absolute atomic E-state index is 13.9. The van der Waals surface area contributed by atoms with Gasteiger partial charge in [-0.25, -0.2) is 19.2 Å². The second kappa shape index (κ2) is 24.7. The monoisotopic (exact) mass is 964 g/mol. The Morgan fingerprint density at radius 1 is 0.400 bits per heavy atom. The molecule has 0 unspecified atom stereocenters. The average Bonchev–Trinajstić information content (AvgIpc) is 3.29. The molecule has 0 saturated heterocycles. The number of rotatable bonds is 4. The van der Waals surface area contributed by atoms with Crippen LogP contribution in [0.2, 0.25) is 0 Å². The Morgan fingerprint density at radius 3 is 0.900 bits per heavy atom. The number of carbonyl (C=O) groups excluding carboxylic acids is 8. The third-order valence-electron chi connectivity index (χ3n) is 9.80. The predicted molar refractivity (Wildman–Crippen MR) is 259 cm³/mol. The first kappa shape index (κ1) is 52.8. The zero-order valence-corrected chi connectivity index (χ0v) is 40.2. The third-order valence-corrected chi connectivity index (χ3v) is 9.80. The van der Waals surface area contributed by atoms with E-state index < -0.39 is 85.4 Å². The minimum atomic E-state index is -0.984. The first-order chi connectivity index (χ1) is 33.2. The molecule has 0 fully saturated rings. The van der Waals surface area contributed by atoms with Crippen molar-refractivity contribution in [2.75, 3.05) is 73.6 Å². The molecule has 20 nitrogen and oxygen atoms in total. The number of para-hydroxylation sites is 4. The maximum atomic E-state index is 13.9. The van der Waals surface area contributed by atoms with Gasteiger partial charge >= 0.3 is 24.4 Å². The summed E-state index contributed by atoms with van der Waals surface area (Å²) >= 11 is 0. The van der Waals surface area contributed by atoms with E-state index in [1.54, 1.807) is 126 Å². The Bertz CT molecular complexity index is 2310. The molecule has 0 radical (unpaired) electrons. The topological polar surface area (TPSA) is 235 Å². The second-order valence-corrected chi connectivity index (χ2v) is 18.0. The van der Waals surface area contributed by atoms with Gasteiger partial charge in [0, 0.05) is 26.2 Å². The summed E-state index contributed by atoms with van der Waals surface area (Å²) in [5, 5.41) is 10.8. The highest BCUT2D eigenvalue weighted by Gasteiger charge is 2.30. The van der Waals surface area contributed by atoms with E-state index in [4.69, 9.17) is 18.9 Å². The van der Waals surface area contributed by atoms with Crippen molar-refractivity contribution in [2.24, 2.45) is 0 Å². The number of hydrogen-bond acceptors (Lipinski definition) is 12. The highest BCUT2D eigenvalue weighted by Crippen LogP contribution is 2.23. The Hall–Kier alpha value is -8.16. The Kier molecular flexibility index (Phi) is 18.7. The molecule has 70 heavy (non-hydrogen) atoms. The molecule has 8 amide bonds. The Labute approximate surface area is 406 Å². The summed E-state index contributed by atoms with van der Waals surface area (Å²) in [7, 11) is 0. The van der Waals surface area contributed by atoms with Crippen LogP contribution in [0.5, 0.6) is 0 Å². The molecule has 4 aromatic carbocycles. The summed E-state index contributed by atoms with van der Waals surface area (Å²) in [5.41, 5.74) is -0.123. The van der Waals surface area contributed by atoms with Gasteiger partial charge in [0.2, 0.25) is 23.6 Å². The van der Waals surface area contributed by atoms with E-state index in [9.17, 15) is 38.4 Å². The number of anilines is 4. The van der Waals surface area contributed by atoms with E-state index in [1.165, 1.54) is 24.3 Å². The van der Waals surface area contributed by atoms with Crippen LogP contribution in [0.1, 0.15) is 52.7 Å². The molecular formula is C50H60N8O12. The van der Waals surface area contributed by atoms with Gasteiger partial charge < -0.3 is 40.2 Å². The maximum Gasteiger partial charge on any atom is 0.410 e. The van der Waals surface area contributed by atoms with Crippen molar-refractivity contribution >= 4 is 70.8 Å². The summed E-state index contributed by atoms with van der Waals surface area (Å²) in [4.78, 5) is 114.